The molecule has 24 heavy (non-hydrogen) atoms. The number of esters is 1. The van der Waals surface area contributed by atoms with Crippen LogP contribution in [0.25, 0.3) is 11.1 Å². The zero-order chi connectivity index (χ0) is 17.2. The minimum atomic E-state index is -0.575. The Kier molecular flexibility index (Phi) is 6.83. The molecule has 1 N–H and O–H groups in total. The van der Waals surface area contributed by atoms with Crippen molar-refractivity contribution in [2.75, 3.05) is 19.8 Å². The predicted octanol–water partition coefficient (Wildman–Crippen LogP) is 2.80. The fourth-order valence-corrected chi connectivity index (χ4v) is 2.02. The van der Waals surface area contributed by atoms with Gasteiger partial charge in [-0.2, -0.15) is 0 Å². The minimum absolute atomic E-state index is 0.230. The molecule has 0 aromatic heterocycles. The van der Waals surface area contributed by atoms with Gasteiger partial charge < -0.3 is 14.8 Å². The van der Waals surface area contributed by atoms with Crippen molar-refractivity contribution in [3.05, 3.63) is 54.6 Å². The second-order valence-electron chi connectivity index (χ2n) is 5.19. The number of rotatable bonds is 8. The van der Waals surface area contributed by atoms with Crippen molar-refractivity contribution in [1.29, 1.82) is 0 Å². The topological polar surface area (TPSA) is 64.6 Å². The summed E-state index contributed by atoms with van der Waals surface area (Å²) in [5.74, 6) is -0.312. The molecule has 0 aliphatic rings. The molecule has 2 aromatic carbocycles. The van der Waals surface area contributed by atoms with E-state index in [2.05, 4.69) is 5.32 Å². The summed E-state index contributed by atoms with van der Waals surface area (Å²) in [7, 11) is 0. The maximum absolute atomic E-state index is 11.6. The van der Waals surface area contributed by atoms with Crippen LogP contribution in [0.2, 0.25) is 0 Å². The Hall–Kier alpha value is -2.82. The van der Waals surface area contributed by atoms with E-state index in [0.717, 1.165) is 17.5 Å². The first-order chi connectivity index (χ1) is 11.7. The van der Waals surface area contributed by atoms with Crippen LogP contribution in [0.15, 0.2) is 54.6 Å². The van der Waals surface area contributed by atoms with Crippen molar-refractivity contribution in [3.8, 4) is 16.9 Å². The van der Waals surface area contributed by atoms with E-state index in [0.29, 0.717) is 12.3 Å². The molecule has 5 heteroatoms. The Bertz CT molecular complexity index is 653. The fourth-order valence-electron chi connectivity index (χ4n) is 2.02. The summed E-state index contributed by atoms with van der Waals surface area (Å²) in [6, 6.07) is 17.4. The number of hydrogen-bond donors (Lipinski definition) is 1. The van der Waals surface area contributed by atoms with Crippen LogP contribution in [-0.4, -0.2) is 31.6 Å². The molecule has 1 amide bonds. The van der Waals surface area contributed by atoms with Crippen molar-refractivity contribution in [3.63, 3.8) is 0 Å². The summed E-state index contributed by atoms with van der Waals surface area (Å²) in [4.78, 5) is 22.9. The Balaban J connectivity index is 1.76. The molecule has 0 heterocycles. The maximum atomic E-state index is 11.6. The molecule has 0 fully saturated rings. The highest BCUT2D eigenvalue weighted by atomic mass is 16.6. The largest absolute Gasteiger partial charge is 0.482 e. The lowest BCUT2D eigenvalue weighted by molar-refractivity contribution is -0.150. The Morgan fingerprint density at radius 1 is 0.917 bits per heavy atom. The third-order valence-corrected chi connectivity index (χ3v) is 3.25. The standard InChI is InChI=1S/C19H21NO4/c1-2-12-20-18(21)13-24-19(22)14-23-17-10-8-16(9-11-17)15-6-4-3-5-7-15/h3-11H,2,12-14H2,1H3,(H,20,21). The van der Waals surface area contributed by atoms with Gasteiger partial charge in [0.1, 0.15) is 5.75 Å². The first kappa shape index (κ1) is 17.5. The summed E-state index contributed by atoms with van der Waals surface area (Å²) in [6.07, 6.45) is 0.835. The molecule has 0 saturated heterocycles. The van der Waals surface area contributed by atoms with Crippen LogP contribution in [0.5, 0.6) is 5.75 Å². The number of nitrogens with one attached hydrogen (secondary N) is 1. The van der Waals surface area contributed by atoms with E-state index in [9.17, 15) is 9.59 Å². The lowest BCUT2D eigenvalue weighted by atomic mass is 10.1. The van der Waals surface area contributed by atoms with E-state index in [-0.39, 0.29) is 19.1 Å². The van der Waals surface area contributed by atoms with E-state index >= 15 is 0 Å². The fraction of sp³-hybridized carbons (Fsp3) is 0.263. The van der Waals surface area contributed by atoms with E-state index < -0.39 is 5.97 Å². The number of hydrogen-bond acceptors (Lipinski definition) is 4. The van der Waals surface area contributed by atoms with Gasteiger partial charge in [-0.1, -0.05) is 49.4 Å². The monoisotopic (exact) mass is 327 g/mol. The first-order valence-electron chi connectivity index (χ1n) is 7.89. The molecule has 0 unspecified atom stereocenters. The highest BCUT2D eigenvalue weighted by Crippen LogP contribution is 2.21. The van der Waals surface area contributed by atoms with Crippen LogP contribution in [0, 0.1) is 0 Å². The summed E-state index contributed by atoms with van der Waals surface area (Å²) in [5.41, 5.74) is 2.18. The van der Waals surface area contributed by atoms with Gasteiger partial charge in [-0.25, -0.2) is 4.79 Å². The average Bonchev–Trinajstić information content (AvgIpc) is 2.64. The average molecular weight is 327 g/mol. The van der Waals surface area contributed by atoms with Gasteiger partial charge in [-0.3, -0.25) is 4.79 Å². The van der Waals surface area contributed by atoms with Gasteiger partial charge in [-0.15, -0.1) is 0 Å². The van der Waals surface area contributed by atoms with Crippen molar-refractivity contribution in [1.82, 2.24) is 5.32 Å². The lowest BCUT2D eigenvalue weighted by Crippen LogP contribution is -2.30. The SMILES string of the molecule is CCCNC(=O)COC(=O)COc1ccc(-c2ccccc2)cc1. The normalized spacial score (nSPS) is 10.0. The number of carbonyl (C=O) groups excluding carboxylic acids is 2. The van der Waals surface area contributed by atoms with Gasteiger partial charge in [0, 0.05) is 6.54 Å². The van der Waals surface area contributed by atoms with E-state index in [4.69, 9.17) is 9.47 Å². The van der Waals surface area contributed by atoms with Gasteiger partial charge >= 0.3 is 5.97 Å². The number of amides is 1. The summed E-state index contributed by atoms with van der Waals surface area (Å²) >= 11 is 0. The second-order valence-corrected chi connectivity index (χ2v) is 5.19. The second kappa shape index (κ2) is 9.35. The van der Waals surface area contributed by atoms with Crippen molar-refractivity contribution in [2.45, 2.75) is 13.3 Å². The molecule has 0 aliphatic heterocycles. The predicted molar refractivity (Wildman–Crippen MR) is 91.6 cm³/mol. The molecule has 0 aliphatic carbocycles. The Morgan fingerprint density at radius 3 is 2.25 bits per heavy atom. The number of carbonyl (C=O) groups is 2. The van der Waals surface area contributed by atoms with Crippen LogP contribution in [0.1, 0.15) is 13.3 Å². The molecule has 5 nitrogen and oxygen atoms in total. The van der Waals surface area contributed by atoms with Crippen LogP contribution >= 0.6 is 0 Å². The number of ether oxygens (including phenoxy) is 2. The molecular formula is C19H21NO4. The third-order valence-electron chi connectivity index (χ3n) is 3.25. The van der Waals surface area contributed by atoms with Crippen molar-refractivity contribution >= 4 is 11.9 Å². The molecule has 126 valence electrons. The van der Waals surface area contributed by atoms with Crippen LogP contribution in [-0.2, 0) is 14.3 Å². The quantitative estimate of drug-likeness (QED) is 0.757. The Labute approximate surface area is 141 Å². The first-order valence-corrected chi connectivity index (χ1v) is 7.89. The molecule has 0 spiro atoms. The van der Waals surface area contributed by atoms with E-state index in [1.54, 1.807) is 12.1 Å². The van der Waals surface area contributed by atoms with Gasteiger partial charge in [-0.05, 0) is 29.7 Å². The van der Waals surface area contributed by atoms with Crippen LogP contribution in [0.3, 0.4) is 0 Å². The van der Waals surface area contributed by atoms with Crippen molar-refractivity contribution < 1.29 is 19.1 Å². The highest BCUT2D eigenvalue weighted by molar-refractivity contribution is 5.80. The van der Waals surface area contributed by atoms with Gasteiger partial charge in [0.2, 0.25) is 0 Å². The molecule has 0 bridgehead atoms. The van der Waals surface area contributed by atoms with Crippen LogP contribution < -0.4 is 10.1 Å². The summed E-state index contributed by atoms with van der Waals surface area (Å²) < 4.78 is 10.2. The lowest BCUT2D eigenvalue weighted by Gasteiger charge is -2.08. The third kappa shape index (κ3) is 5.76. The molecular weight excluding hydrogens is 306 g/mol. The molecule has 0 radical (unpaired) electrons. The van der Waals surface area contributed by atoms with Gasteiger partial charge in [0.05, 0.1) is 0 Å². The summed E-state index contributed by atoms with van der Waals surface area (Å²) in [5, 5.41) is 2.63. The van der Waals surface area contributed by atoms with Gasteiger partial charge in [0.25, 0.3) is 5.91 Å². The molecule has 2 aromatic rings. The zero-order valence-corrected chi connectivity index (χ0v) is 13.7. The Morgan fingerprint density at radius 2 is 1.58 bits per heavy atom. The molecule has 0 atom stereocenters. The smallest absolute Gasteiger partial charge is 0.344 e. The maximum Gasteiger partial charge on any atom is 0.344 e. The van der Waals surface area contributed by atoms with Crippen LogP contribution in [0.4, 0.5) is 0 Å². The summed E-state index contributed by atoms with van der Waals surface area (Å²) in [6.45, 7) is 2.00. The van der Waals surface area contributed by atoms with Crippen molar-refractivity contribution in [2.24, 2.45) is 0 Å². The minimum Gasteiger partial charge on any atom is -0.482 e. The van der Waals surface area contributed by atoms with E-state index in [1.807, 2.05) is 49.4 Å². The van der Waals surface area contributed by atoms with E-state index in [1.165, 1.54) is 0 Å². The highest BCUT2D eigenvalue weighted by Gasteiger charge is 2.08. The zero-order valence-electron chi connectivity index (χ0n) is 13.7. The van der Waals surface area contributed by atoms with Gasteiger partial charge in [0.15, 0.2) is 13.2 Å². The number of benzene rings is 2. The molecule has 0 saturated carbocycles. The molecule has 2 rings (SSSR count).